The van der Waals surface area contributed by atoms with Crippen molar-refractivity contribution in [2.45, 2.75) is 97.2 Å². The van der Waals surface area contributed by atoms with Gasteiger partial charge in [0.1, 0.15) is 0 Å². The molecule has 1 saturated heterocycles. The molecular formula is C44H59N5O. The summed E-state index contributed by atoms with van der Waals surface area (Å²) < 4.78 is 0. The summed E-state index contributed by atoms with van der Waals surface area (Å²) in [6.45, 7) is 25.3. The lowest BCUT2D eigenvalue weighted by Gasteiger charge is -2.43. The number of unbranched alkanes of at least 4 members (excludes halogenated alkanes) is 2. The number of hydrogen-bond acceptors (Lipinski definition) is 5. The number of aryl methyl sites for hydroxylation is 1. The summed E-state index contributed by atoms with van der Waals surface area (Å²) in [5.41, 5.74) is 14.2. The first-order valence-electron chi connectivity index (χ1n) is 18.5. The number of aromatic nitrogens is 1. The lowest BCUT2D eigenvalue weighted by atomic mass is 9.83. The molecule has 3 aromatic rings. The van der Waals surface area contributed by atoms with Crippen LogP contribution >= 0.6 is 0 Å². The second-order valence-electron chi connectivity index (χ2n) is 15.8. The largest absolute Gasteiger partial charge is 0.401 e. The molecule has 5 atom stereocenters. The van der Waals surface area contributed by atoms with Crippen LogP contribution in [0.4, 0.5) is 0 Å². The van der Waals surface area contributed by atoms with E-state index >= 15 is 0 Å². The minimum Gasteiger partial charge on any atom is -0.401 e. The highest BCUT2D eigenvalue weighted by molar-refractivity contribution is 5.86. The summed E-state index contributed by atoms with van der Waals surface area (Å²) >= 11 is 0. The zero-order valence-electron chi connectivity index (χ0n) is 31.3. The van der Waals surface area contributed by atoms with E-state index in [1.807, 2.05) is 13.1 Å². The van der Waals surface area contributed by atoms with Crippen molar-refractivity contribution < 1.29 is 4.79 Å². The van der Waals surface area contributed by atoms with Gasteiger partial charge >= 0.3 is 0 Å². The number of nitrogens with one attached hydrogen (secondary N) is 1. The minimum atomic E-state index is -0.392. The van der Waals surface area contributed by atoms with Crippen LogP contribution in [-0.2, 0) is 17.6 Å². The molecule has 3 unspecified atom stereocenters. The molecule has 50 heavy (non-hydrogen) atoms. The van der Waals surface area contributed by atoms with Gasteiger partial charge in [0.25, 0.3) is 0 Å². The maximum atomic E-state index is 12.2. The molecule has 5 rings (SSSR count). The van der Waals surface area contributed by atoms with E-state index in [1.54, 1.807) is 4.90 Å². The molecule has 2 heterocycles. The van der Waals surface area contributed by atoms with Crippen molar-refractivity contribution in [1.29, 1.82) is 0 Å². The maximum Gasteiger partial charge on any atom is 0.210 e. The number of carbonyl (C=O) groups is 1. The molecule has 0 bridgehead atoms. The van der Waals surface area contributed by atoms with Crippen LogP contribution in [0.25, 0.3) is 22.2 Å². The van der Waals surface area contributed by atoms with Crippen LogP contribution in [-0.4, -0.2) is 52.4 Å². The molecule has 266 valence electrons. The quantitative estimate of drug-likeness (QED) is 0.0904. The highest BCUT2D eigenvalue weighted by atomic mass is 16.1. The Kier molecular flexibility index (Phi) is 11.3. The summed E-state index contributed by atoms with van der Waals surface area (Å²) in [7, 11) is 1.86. The molecule has 2 fully saturated rings. The third kappa shape index (κ3) is 7.85. The molecule has 1 aromatic heterocycles. The van der Waals surface area contributed by atoms with Crippen LogP contribution < -0.4 is 11.1 Å². The van der Waals surface area contributed by atoms with Gasteiger partial charge in [0.15, 0.2) is 0 Å². The van der Waals surface area contributed by atoms with Crippen LogP contribution in [0.3, 0.4) is 0 Å². The predicted octanol–water partition coefficient (Wildman–Crippen LogP) is 8.79. The van der Waals surface area contributed by atoms with Crippen molar-refractivity contribution in [2.24, 2.45) is 23.0 Å². The Morgan fingerprint density at radius 2 is 1.88 bits per heavy atom. The number of pyridine rings is 1. The van der Waals surface area contributed by atoms with E-state index in [0.717, 1.165) is 73.2 Å². The molecule has 1 saturated carbocycles. The average molecular weight is 674 g/mol. The van der Waals surface area contributed by atoms with Gasteiger partial charge in [-0.3, -0.25) is 4.79 Å². The van der Waals surface area contributed by atoms with E-state index in [0.29, 0.717) is 17.5 Å². The number of likely N-dealkylation sites (N-methyl/N-ethyl adjacent to an activating group) is 1. The third-order valence-electron chi connectivity index (χ3n) is 10.9. The number of carbonyl (C=O) groups excluding carboxylic acids is 1. The maximum absolute atomic E-state index is 12.2. The first kappa shape index (κ1) is 36.9. The number of fused-ring (bicyclic) bond motifs is 1. The van der Waals surface area contributed by atoms with Gasteiger partial charge in [-0.25, -0.2) is 4.98 Å². The monoisotopic (exact) mass is 673 g/mol. The molecule has 1 aliphatic carbocycles. The number of amides is 1. The number of rotatable bonds is 16. The summed E-state index contributed by atoms with van der Waals surface area (Å²) in [6.07, 6.45) is 12.6. The Bertz CT molecular complexity index is 1740. The highest BCUT2D eigenvalue weighted by Gasteiger charge is 2.55. The van der Waals surface area contributed by atoms with Gasteiger partial charge in [-0.1, -0.05) is 122 Å². The van der Waals surface area contributed by atoms with Gasteiger partial charge in [0.05, 0.1) is 28.8 Å². The standard InChI is InChI=1S/C44H59N5O/c1-10-12-13-17-20-37-27-44(37,32(5)45)47-30(3)41-25-34(28-49(41)31(4)42(43(6,7)8)48(9)29-50)23-36-26-39(35-18-15-14-16-19-35)46-40-24-33(11-2)21-22-38(36)40/h14-22,24,26,29,34,37,41-42,47H,3-5,10-13,23,25,27-28,45H2,1-2,6-9H3/b20-17-/t34-,37?,41?,42?,44+/m1/s1. The number of nitrogens with zero attached hydrogens (tertiary/aromatic N) is 3. The molecule has 2 aromatic carbocycles. The fourth-order valence-corrected chi connectivity index (χ4v) is 8.15. The van der Waals surface area contributed by atoms with Crippen molar-refractivity contribution in [3.63, 3.8) is 0 Å². The van der Waals surface area contributed by atoms with Crippen LogP contribution in [0.1, 0.15) is 77.8 Å². The number of allylic oxidation sites excluding steroid dienone is 1. The normalized spacial score (nSPS) is 22.4. The summed E-state index contributed by atoms with van der Waals surface area (Å²) in [6, 6.07) is 19.3. The van der Waals surface area contributed by atoms with Crippen LogP contribution in [0.5, 0.6) is 0 Å². The van der Waals surface area contributed by atoms with E-state index in [1.165, 1.54) is 29.4 Å². The first-order chi connectivity index (χ1) is 23.8. The Morgan fingerprint density at radius 1 is 1.14 bits per heavy atom. The van der Waals surface area contributed by atoms with Crippen molar-refractivity contribution in [3.05, 3.63) is 115 Å². The molecular weight excluding hydrogens is 615 g/mol. The predicted molar refractivity (Wildman–Crippen MR) is 210 cm³/mol. The van der Waals surface area contributed by atoms with Crippen LogP contribution in [0, 0.1) is 17.3 Å². The van der Waals surface area contributed by atoms with Gasteiger partial charge in [-0.2, -0.15) is 0 Å². The zero-order chi connectivity index (χ0) is 36.2. The first-order valence-corrected chi connectivity index (χ1v) is 18.5. The van der Waals surface area contributed by atoms with E-state index in [2.05, 4.69) is 125 Å². The molecule has 1 aliphatic heterocycles. The van der Waals surface area contributed by atoms with Crippen molar-refractivity contribution in [2.75, 3.05) is 13.6 Å². The topological polar surface area (TPSA) is 74.5 Å². The lowest BCUT2D eigenvalue weighted by Crippen LogP contribution is -2.50. The summed E-state index contributed by atoms with van der Waals surface area (Å²) in [5, 5.41) is 5.02. The molecule has 2 aliphatic rings. The molecule has 3 N–H and O–H groups in total. The Hall–Kier alpha value is -4.32. The SMILES string of the molecule is C=C(N[C@]1(C(=C)N)CC1/C=C\CCCC)C1C[C@@H](Cc2cc(-c3ccccc3)nc3cc(CC)ccc23)CN1C(=C)C(N(C)C=O)C(C)(C)C. The Morgan fingerprint density at radius 3 is 2.52 bits per heavy atom. The second kappa shape index (κ2) is 15.3. The lowest BCUT2D eigenvalue weighted by molar-refractivity contribution is -0.120. The molecule has 1 amide bonds. The van der Waals surface area contributed by atoms with Crippen molar-refractivity contribution in [1.82, 2.24) is 20.1 Å². The third-order valence-corrected chi connectivity index (χ3v) is 10.9. The number of likely N-dealkylation sites (tertiary alicyclic amines) is 1. The fraction of sp³-hybridized carbons (Fsp3) is 0.455. The molecule has 6 heteroatoms. The molecule has 0 spiro atoms. The second-order valence-corrected chi connectivity index (χ2v) is 15.8. The summed E-state index contributed by atoms with van der Waals surface area (Å²) in [5.74, 6) is 0.608. The number of benzene rings is 2. The van der Waals surface area contributed by atoms with E-state index in [-0.39, 0.29) is 17.5 Å². The summed E-state index contributed by atoms with van der Waals surface area (Å²) in [4.78, 5) is 21.5. The average Bonchev–Trinajstić information content (AvgIpc) is 3.63. The van der Waals surface area contributed by atoms with Crippen LogP contribution in [0.2, 0.25) is 0 Å². The van der Waals surface area contributed by atoms with Gasteiger partial charge in [0, 0.05) is 47.6 Å². The van der Waals surface area contributed by atoms with E-state index in [4.69, 9.17) is 10.7 Å². The number of hydrogen-bond donors (Lipinski definition) is 2. The van der Waals surface area contributed by atoms with Crippen molar-refractivity contribution in [3.8, 4) is 11.3 Å². The Balaban J connectivity index is 1.49. The van der Waals surface area contributed by atoms with Gasteiger partial charge in [-0.15, -0.1) is 0 Å². The van der Waals surface area contributed by atoms with Gasteiger partial charge < -0.3 is 20.9 Å². The van der Waals surface area contributed by atoms with Gasteiger partial charge in [-0.05, 0) is 66.7 Å². The molecule has 6 nitrogen and oxygen atoms in total. The van der Waals surface area contributed by atoms with Gasteiger partial charge in [0.2, 0.25) is 6.41 Å². The smallest absolute Gasteiger partial charge is 0.210 e. The molecule has 0 radical (unpaired) electrons. The Labute approximate surface area is 301 Å². The van der Waals surface area contributed by atoms with Crippen molar-refractivity contribution >= 4 is 17.3 Å². The van der Waals surface area contributed by atoms with E-state index < -0.39 is 5.54 Å². The fourth-order valence-electron chi connectivity index (χ4n) is 8.15. The number of nitrogens with two attached hydrogens (primary N) is 1. The van der Waals surface area contributed by atoms with Crippen LogP contribution in [0.15, 0.2) is 104 Å². The minimum absolute atomic E-state index is 0.0210. The highest BCUT2D eigenvalue weighted by Crippen LogP contribution is 2.49. The zero-order valence-corrected chi connectivity index (χ0v) is 31.3. The van der Waals surface area contributed by atoms with E-state index in [9.17, 15) is 4.79 Å².